The van der Waals surface area contributed by atoms with Crippen LogP contribution >= 0.6 is 22.9 Å². The van der Waals surface area contributed by atoms with Crippen molar-refractivity contribution >= 4 is 22.9 Å². The van der Waals surface area contributed by atoms with Gasteiger partial charge >= 0.3 is 0 Å². The van der Waals surface area contributed by atoms with E-state index in [4.69, 9.17) is 16.6 Å². The molecule has 0 amide bonds. The molecule has 0 aromatic carbocycles. The lowest BCUT2D eigenvalue weighted by molar-refractivity contribution is 0.128. The van der Waals surface area contributed by atoms with Crippen molar-refractivity contribution in [3.8, 4) is 0 Å². The Balaban J connectivity index is 2.21. The second kappa shape index (κ2) is 6.36. The maximum Gasteiger partial charge on any atom is 0.110 e. The summed E-state index contributed by atoms with van der Waals surface area (Å²) < 4.78 is 0. The normalized spacial score (nSPS) is 26.7. The minimum Gasteiger partial charge on any atom is -0.288 e. The van der Waals surface area contributed by atoms with Gasteiger partial charge in [0.25, 0.3) is 0 Å². The Kier molecular flexibility index (Phi) is 5.05. The van der Waals surface area contributed by atoms with Gasteiger partial charge < -0.3 is 0 Å². The van der Waals surface area contributed by atoms with Gasteiger partial charge in [-0.3, -0.25) is 4.90 Å². The van der Waals surface area contributed by atoms with Crippen LogP contribution in [0.25, 0.3) is 0 Å². The first kappa shape index (κ1) is 14.3. The number of halogens is 1. The molecule has 3 unspecified atom stereocenters. The SMILES string of the molecule is CCC1CCC(C)N1C(CC)c1nc(CCl)cs1. The summed E-state index contributed by atoms with van der Waals surface area (Å²) in [7, 11) is 0. The number of alkyl halides is 1. The van der Waals surface area contributed by atoms with Gasteiger partial charge in [0.05, 0.1) is 17.6 Å². The van der Waals surface area contributed by atoms with Crippen LogP contribution in [0.3, 0.4) is 0 Å². The molecule has 1 aliphatic rings. The third-order valence-electron chi connectivity index (χ3n) is 4.06. The highest BCUT2D eigenvalue weighted by Gasteiger charge is 2.35. The third-order valence-corrected chi connectivity index (χ3v) is 5.33. The number of likely N-dealkylation sites (tertiary alicyclic amines) is 1. The second-order valence-electron chi connectivity index (χ2n) is 5.17. The smallest absolute Gasteiger partial charge is 0.110 e. The third kappa shape index (κ3) is 2.73. The van der Waals surface area contributed by atoms with E-state index in [1.807, 2.05) is 0 Å². The van der Waals surface area contributed by atoms with E-state index in [0.717, 1.165) is 18.2 Å². The monoisotopic (exact) mass is 286 g/mol. The summed E-state index contributed by atoms with van der Waals surface area (Å²) in [6.07, 6.45) is 5.04. The molecule has 2 nitrogen and oxygen atoms in total. The molecule has 1 aliphatic heterocycles. The molecule has 0 saturated carbocycles. The van der Waals surface area contributed by atoms with Crippen molar-refractivity contribution in [2.75, 3.05) is 0 Å². The zero-order valence-corrected chi connectivity index (χ0v) is 13.1. The van der Waals surface area contributed by atoms with Crippen molar-refractivity contribution in [1.29, 1.82) is 0 Å². The number of hydrogen-bond acceptors (Lipinski definition) is 3. The van der Waals surface area contributed by atoms with E-state index in [0.29, 0.717) is 18.0 Å². The summed E-state index contributed by atoms with van der Waals surface area (Å²) in [5.74, 6) is 0.527. The molecule has 3 atom stereocenters. The van der Waals surface area contributed by atoms with Gasteiger partial charge in [-0.25, -0.2) is 4.98 Å². The van der Waals surface area contributed by atoms with E-state index < -0.39 is 0 Å². The second-order valence-corrected chi connectivity index (χ2v) is 6.33. The minimum atomic E-state index is 0.481. The summed E-state index contributed by atoms with van der Waals surface area (Å²) in [6, 6.07) is 1.89. The molecule has 1 aromatic rings. The first-order chi connectivity index (χ1) is 8.71. The van der Waals surface area contributed by atoms with Gasteiger partial charge in [0, 0.05) is 17.5 Å². The number of aromatic nitrogens is 1. The van der Waals surface area contributed by atoms with Gasteiger partial charge in [0.2, 0.25) is 0 Å². The summed E-state index contributed by atoms with van der Waals surface area (Å²) in [4.78, 5) is 7.38. The molecule has 18 heavy (non-hydrogen) atoms. The first-order valence-corrected chi connectivity index (χ1v) is 8.40. The Bertz CT molecular complexity index is 380. The van der Waals surface area contributed by atoms with E-state index in [9.17, 15) is 0 Å². The molecule has 0 spiro atoms. The predicted molar refractivity (Wildman–Crippen MR) is 79.3 cm³/mol. The number of nitrogens with zero attached hydrogens (tertiary/aromatic N) is 2. The minimum absolute atomic E-state index is 0.481. The van der Waals surface area contributed by atoms with Crippen molar-refractivity contribution < 1.29 is 0 Å². The summed E-state index contributed by atoms with van der Waals surface area (Å²) in [5.41, 5.74) is 1.02. The van der Waals surface area contributed by atoms with Gasteiger partial charge in [-0.2, -0.15) is 0 Å². The van der Waals surface area contributed by atoms with Crippen LogP contribution in [0.5, 0.6) is 0 Å². The lowest BCUT2D eigenvalue weighted by Gasteiger charge is -2.34. The fraction of sp³-hybridized carbons (Fsp3) is 0.786. The molecule has 0 radical (unpaired) electrons. The molecular formula is C14H23ClN2S. The van der Waals surface area contributed by atoms with Crippen LogP contribution < -0.4 is 0 Å². The van der Waals surface area contributed by atoms with Crippen molar-refractivity contribution in [2.45, 2.75) is 70.5 Å². The molecule has 0 bridgehead atoms. The molecule has 0 aliphatic carbocycles. The highest BCUT2D eigenvalue weighted by atomic mass is 35.5. The lowest BCUT2D eigenvalue weighted by Crippen LogP contribution is -2.37. The van der Waals surface area contributed by atoms with Crippen LogP contribution in [0.4, 0.5) is 0 Å². The fourth-order valence-corrected chi connectivity index (χ4v) is 4.35. The standard InChI is InChI=1S/C14H23ClN2S/c1-4-12-7-6-10(3)17(12)13(5-2)14-16-11(8-15)9-18-14/h9-10,12-13H,4-8H2,1-3H3. The Morgan fingerprint density at radius 1 is 1.50 bits per heavy atom. The molecule has 1 aromatic heterocycles. The van der Waals surface area contributed by atoms with Gasteiger partial charge in [-0.15, -0.1) is 22.9 Å². The fourth-order valence-electron chi connectivity index (χ4n) is 3.12. The topological polar surface area (TPSA) is 16.1 Å². The van der Waals surface area contributed by atoms with Gasteiger partial charge in [0.1, 0.15) is 5.01 Å². The molecule has 0 N–H and O–H groups in total. The average Bonchev–Trinajstić information content (AvgIpc) is 2.99. The molecule has 102 valence electrons. The molecule has 2 rings (SSSR count). The summed E-state index contributed by atoms with van der Waals surface area (Å²) >= 11 is 7.63. The number of thiazole rings is 1. The zero-order chi connectivity index (χ0) is 13.1. The maximum atomic E-state index is 5.86. The Labute approximate surface area is 119 Å². The van der Waals surface area contributed by atoms with Crippen LogP contribution in [0.15, 0.2) is 5.38 Å². The van der Waals surface area contributed by atoms with E-state index in [1.54, 1.807) is 11.3 Å². The highest BCUT2D eigenvalue weighted by molar-refractivity contribution is 7.09. The highest BCUT2D eigenvalue weighted by Crippen LogP contribution is 2.37. The van der Waals surface area contributed by atoms with E-state index in [2.05, 4.69) is 31.1 Å². The molecule has 1 fully saturated rings. The zero-order valence-electron chi connectivity index (χ0n) is 11.5. The molecule has 1 saturated heterocycles. The van der Waals surface area contributed by atoms with E-state index in [-0.39, 0.29) is 0 Å². The van der Waals surface area contributed by atoms with E-state index in [1.165, 1.54) is 24.3 Å². The van der Waals surface area contributed by atoms with Crippen LogP contribution in [0.1, 0.15) is 63.2 Å². The molecule has 2 heterocycles. The molecular weight excluding hydrogens is 264 g/mol. The Morgan fingerprint density at radius 3 is 2.83 bits per heavy atom. The van der Waals surface area contributed by atoms with E-state index >= 15 is 0 Å². The lowest BCUT2D eigenvalue weighted by atomic mass is 10.1. The van der Waals surface area contributed by atoms with Crippen LogP contribution in [-0.2, 0) is 5.88 Å². The van der Waals surface area contributed by atoms with Crippen LogP contribution in [0, 0.1) is 0 Å². The number of rotatable bonds is 5. The quantitative estimate of drug-likeness (QED) is 0.736. The maximum absolute atomic E-state index is 5.86. The van der Waals surface area contributed by atoms with Crippen molar-refractivity contribution in [2.24, 2.45) is 0 Å². The van der Waals surface area contributed by atoms with Gasteiger partial charge in [-0.1, -0.05) is 13.8 Å². The van der Waals surface area contributed by atoms with Crippen LogP contribution in [-0.4, -0.2) is 22.0 Å². The Morgan fingerprint density at radius 2 is 2.28 bits per heavy atom. The van der Waals surface area contributed by atoms with Crippen LogP contribution in [0.2, 0.25) is 0 Å². The summed E-state index contributed by atoms with van der Waals surface area (Å²) in [6.45, 7) is 6.92. The van der Waals surface area contributed by atoms with Gasteiger partial charge in [-0.05, 0) is 32.6 Å². The van der Waals surface area contributed by atoms with Crippen molar-refractivity contribution in [1.82, 2.24) is 9.88 Å². The predicted octanol–water partition coefficient (Wildman–Crippen LogP) is 4.60. The van der Waals surface area contributed by atoms with Crippen molar-refractivity contribution in [3.05, 3.63) is 16.1 Å². The first-order valence-electron chi connectivity index (χ1n) is 6.98. The largest absolute Gasteiger partial charge is 0.288 e. The van der Waals surface area contributed by atoms with Crippen molar-refractivity contribution in [3.63, 3.8) is 0 Å². The number of hydrogen-bond donors (Lipinski definition) is 0. The van der Waals surface area contributed by atoms with Gasteiger partial charge in [0.15, 0.2) is 0 Å². The summed E-state index contributed by atoms with van der Waals surface area (Å²) in [5, 5.41) is 3.35. The average molecular weight is 287 g/mol. The molecule has 4 heteroatoms. The Hall–Kier alpha value is -0.120.